The number of benzene rings is 1. The molecule has 0 bridgehead atoms. The third-order valence-corrected chi connectivity index (χ3v) is 5.19. The van der Waals surface area contributed by atoms with Crippen molar-refractivity contribution in [3.05, 3.63) is 23.8 Å². The maximum absolute atomic E-state index is 5.87. The Morgan fingerprint density at radius 2 is 2.14 bits per heavy atom. The van der Waals surface area contributed by atoms with Gasteiger partial charge in [-0.3, -0.25) is 0 Å². The van der Waals surface area contributed by atoms with Crippen LogP contribution in [0.4, 0.5) is 5.69 Å². The molecule has 21 heavy (non-hydrogen) atoms. The van der Waals surface area contributed by atoms with E-state index in [9.17, 15) is 0 Å². The number of ether oxygens (including phenoxy) is 2. The van der Waals surface area contributed by atoms with Gasteiger partial charge >= 0.3 is 0 Å². The van der Waals surface area contributed by atoms with Crippen LogP contribution in [0.1, 0.15) is 25.8 Å². The zero-order valence-electron chi connectivity index (χ0n) is 13.6. The predicted octanol–water partition coefficient (Wildman–Crippen LogP) is 3.96. The van der Waals surface area contributed by atoms with Crippen molar-refractivity contribution in [3.63, 3.8) is 0 Å². The largest absolute Gasteiger partial charge is 0.489 e. The molecule has 3 nitrogen and oxygen atoms in total. The minimum atomic E-state index is 0.319. The highest BCUT2D eigenvalue weighted by Gasteiger charge is 2.32. The number of methoxy groups -OCH3 is 1. The van der Waals surface area contributed by atoms with Crippen molar-refractivity contribution < 1.29 is 9.47 Å². The first kappa shape index (κ1) is 16.5. The van der Waals surface area contributed by atoms with Gasteiger partial charge in [0.25, 0.3) is 0 Å². The third-order valence-electron chi connectivity index (χ3n) is 4.13. The maximum Gasteiger partial charge on any atom is 0.142 e. The molecule has 0 aliphatic carbocycles. The first-order chi connectivity index (χ1) is 10.0. The summed E-state index contributed by atoms with van der Waals surface area (Å²) in [4.78, 5) is 0. The summed E-state index contributed by atoms with van der Waals surface area (Å²) in [5, 5.41) is 3.71. The van der Waals surface area contributed by atoms with Gasteiger partial charge < -0.3 is 14.8 Å². The second-order valence-corrected chi connectivity index (χ2v) is 7.50. The molecule has 1 aliphatic heterocycles. The molecule has 4 heteroatoms. The Labute approximate surface area is 132 Å². The summed E-state index contributed by atoms with van der Waals surface area (Å²) in [6.07, 6.45) is 1.25. The van der Waals surface area contributed by atoms with Gasteiger partial charge in [0.1, 0.15) is 12.4 Å². The summed E-state index contributed by atoms with van der Waals surface area (Å²) >= 11 is 2.03. The van der Waals surface area contributed by atoms with E-state index in [1.165, 1.54) is 17.7 Å². The van der Waals surface area contributed by atoms with Gasteiger partial charge in [-0.2, -0.15) is 11.8 Å². The van der Waals surface area contributed by atoms with Crippen LogP contribution in [0.15, 0.2) is 18.2 Å². The Hall–Kier alpha value is -0.870. The van der Waals surface area contributed by atoms with Crippen molar-refractivity contribution in [2.24, 2.45) is 5.41 Å². The van der Waals surface area contributed by atoms with Gasteiger partial charge in [-0.25, -0.2) is 0 Å². The van der Waals surface area contributed by atoms with Crippen LogP contribution in [-0.4, -0.2) is 37.9 Å². The molecule has 0 radical (unpaired) electrons. The number of nitrogens with one attached hydrogen (secondary N) is 1. The molecule has 1 heterocycles. The van der Waals surface area contributed by atoms with E-state index in [-0.39, 0.29) is 0 Å². The molecule has 1 fully saturated rings. The molecule has 0 aromatic heterocycles. The summed E-state index contributed by atoms with van der Waals surface area (Å²) in [5.41, 5.74) is 2.63. The molecule has 1 aromatic carbocycles. The number of rotatable bonds is 6. The van der Waals surface area contributed by atoms with E-state index in [1.54, 1.807) is 7.11 Å². The van der Waals surface area contributed by atoms with Gasteiger partial charge in [0.15, 0.2) is 0 Å². The van der Waals surface area contributed by atoms with Crippen LogP contribution in [-0.2, 0) is 4.74 Å². The molecule has 0 amide bonds. The van der Waals surface area contributed by atoms with Crippen molar-refractivity contribution >= 4 is 17.4 Å². The van der Waals surface area contributed by atoms with E-state index in [0.717, 1.165) is 17.2 Å². The molecule has 2 rings (SSSR count). The number of aryl methyl sites for hydroxylation is 1. The van der Waals surface area contributed by atoms with E-state index in [0.29, 0.717) is 24.7 Å². The number of thioether (sulfide) groups is 1. The summed E-state index contributed by atoms with van der Waals surface area (Å²) in [7, 11) is 1.69. The summed E-state index contributed by atoms with van der Waals surface area (Å²) in [6, 6.07) is 6.84. The Morgan fingerprint density at radius 3 is 2.86 bits per heavy atom. The van der Waals surface area contributed by atoms with Crippen LogP contribution < -0.4 is 10.1 Å². The van der Waals surface area contributed by atoms with E-state index in [2.05, 4.69) is 44.3 Å². The van der Waals surface area contributed by atoms with Crippen LogP contribution >= 0.6 is 11.8 Å². The molecule has 0 saturated carbocycles. The Morgan fingerprint density at radius 1 is 1.33 bits per heavy atom. The first-order valence-corrected chi connectivity index (χ1v) is 8.75. The quantitative estimate of drug-likeness (QED) is 0.806. The average Bonchev–Trinajstić information content (AvgIpc) is 2.44. The lowest BCUT2D eigenvalue weighted by atomic mass is 9.82. The molecule has 1 unspecified atom stereocenters. The van der Waals surface area contributed by atoms with E-state index in [1.807, 2.05) is 11.8 Å². The molecular weight excluding hydrogens is 282 g/mol. The fourth-order valence-corrected chi connectivity index (χ4v) is 4.07. The first-order valence-electron chi connectivity index (χ1n) is 7.59. The Bertz CT molecular complexity index is 462. The van der Waals surface area contributed by atoms with Crippen LogP contribution in [0.3, 0.4) is 0 Å². The topological polar surface area (TPSA) is 30.5 Å². The highest BCUT2D eigenvalue weighted by molar-refractivity contribution is 7.99. The minimum absolute atomic E-state index is 0.319. The van der Waals surface area contributed by atoms with Gasteiger partial charge in [-0.15, -0.1) is 0 Å². The molecule has 1 N–H and O–H groups in total. The summed E-state index contributed by atoms with van der Waals surface area (Å²) in [6.45, 7) is 7.98. The van der Waals surface area contributed by atoms with E-state index < -0.39 is 0 Å². The van der Waals surface area contributed by atoms with Crippen molar-refractivity contribution in [2.45, 2.75) is 33.2 Å². The Balaban J connectivity index is 2.10. The predicted molar refractivity (Wildman–Crippen MR) is 91.7 cm³/mol. The van der Waals surface area contributed by atoms with Gasteiger partial charge in [0.05, 0.1) is 12.3 Å². The highest BCUT2D eigenvalue weighted by atomic mass is 32.2. The monoisotopic (exact) mass is 309 g/mol. The SMILES string of the molecule is COCCOc1cc(C)ccc1NC1CSCCC1(C)C. The smallest absolute Gasteiger partial charge is 0.142 e. The van der Waals surface area contributed by atoms with Gasteiger partial charge in [0, 0.05) is 18.9 Å². The molecule has 1 aliphatic rings. The lowest BCUT2D eigenvalue weighted by molar-refractivity contribution is 0.146. The zero-order valence-corrected chi connectivity index (χ0v) is 14.4. The van der Waals surface area contributed by atoms with E-state index in [4.69, 9.17) is 9.47 Å². The average molecular weight is 309 g/mol. The number of anilines is 1. The van der Waals surface area contributed by atoms with Crippen molar-refractivity contribution in [1.29, 1.82) is 0 Å². The van der Waals surface area contributed by atoms with Crippen LogP contribution in [0.5, 0.6) is 5.75 Å². The molecule has 1 saturated heterocycles. The number of hydrogen-bond donors (Lipinski definition) is 1. The van der Waals surface area contributed by atoms with Gasteiger partial charge in [-0.05, 0) is 42.2 Å². The fraction of sp³-hybridized carbons (Fsp3) is 0.647. The van der Waals surface area contributed by atoms with Crippen LogP contribution in [0.25, 0.3) is 0 Å². The molecule has 1 aromatic rings. The van der Waals surface area contributed by atoms with Crippen molar-refractivity contribution in [3.8, 4) is 5.75 Å². The summed E-state index contributed by atoms with van der Waals surface area (Å²) in [5.74, 6) is 3.34. The maximum atomic E-state index is 5.87. The standard InChI is InChI=1S/C17H27NO2S/c1-13-5-6-14(15(11-13)20-9-8-19-4)18-16-12-21-10-7-17(16,2)3/h5-6,11,16,18H,7-10,12H2,1-4H3. The normalized spacial score (nSPS) is 21.0. The van der Waals surface area contributed by atoms with Crippen LogP contribution in [0.2, 0.25) is 0 Å². The minimum Gasteiger partial charge on any atom is -0.489 e. The Kier molecular flexibility index (Phi) is 5.82. The second-order valence-electron chi connectivity index (χ2n) is 6.35. The zero-order chi connectivity index (χ0) is 15.3. The highest BCUT2D eigenvalue weighted by Crippen LogP contribution is 2.37. The second kappa shape index (κ2) is 7.41. The molecule has 0 spiro atoms. The van der Waals surface area contributed by atoms with E-state index >= 15 is 0 Å². The lowest BCUT2D eigenvalue weighted by Gasteiger charge is -2.39. The van der Waals surface area contributed by atoms with Crippen molar-refractivity contribution in [2.75, 3.05) is 37.1 Å². The molecule has 1 atom stereocenters. The van der Waals surface area contributed by atoms with Crippen LogP contribution in [0, 0.1) is 12.3 Å². The summed E-state index contributed by atoms with van der Waals surface area (Å²) < 4.78 is 10.9. The molecule has 118 valence electrons. The van der Waals surface area contributed by atoms with Gasteiger partial charge in [0.2, 0.25) is 0 Å². The van der Waals surface area contributed by atoms with Gasteiger partial charge in [-0.1, -0.05) is 19.9 Å². The van der Waals surface area contributed by atoms with Crippen molar-refractivity contribution in [1.82, 2.24) is 0 Å². The number of hydrogen-bond acceptors (Lipinski definition) is 4. The third kappa shape index (κ3) is 4.55. The lowest BCUT2D eigenvalue weighted by Crippen LogP contribution is -2.41. The molecular formula is C17H27NO2S. The fourth-order valence-electron chi connectivity index (χ4n) is 2.46.